The number of carbonyl (C=O) groups excluding carboxylic acids is 1. The van der Waals surface area contributed by atoms with Crippen molar-refractivity contribution in [1.82, 2.24) is 0 Å². The summed E-state index contributed by atoms with van der Waals surface area (Å²) >= 11 is 0. The maximum Gasteiger partial charge on any atom is 0.139 e. The van der Waals surface area contributed by atoms with Gasteiger partial charge >= 0.3 is 0 Å². The Labute approximate surface area is 128 Å². The minimum atomic E-state index is -0.0541. The van der Waals surface area contributed by atoms with E-state index in [0.717, 1.165) is 49.9 Å². The summed E-state index contributed by atoms with van der Waals surface area (Å²) < 4.78 is 0. The van der Waals surface area contributed by atoms with Gasteiger partial charge in [-0.15, -0.1) is 0 Å². The third kappa shape index (κ3) is 1.84. The zero-order valence-electron chi connectivity index (χ0n) is 13.6. The molecule has 0 aliphatic heterocycles. The average molecular weight is 290 g/mol. The van der Waals surface area contributed by atoms with E-state index < -0.39 is 0 Å². The second-order valence-corrected chi connectivity index (χ2v) is 9.00. The van der Waals surface area contributed by atoms with Gasteiger partial charge in [-0.2, -0.15) is 0 Å². The summed E-state index contributed by atoms with van der Waals surface area (Å²) in [5.74, 6) is 3.54. The number of ketones is 1. The van der Waals surface area contributed by atoms with Crippen molar-refractivity contribution in [3.63, 3.8) is 0 Å². The van der Waals surface area contributed by atoms with Crippen LogP contribution in [-0.2, 0) is 4.79 Å². The van der Waals surface area contributed by atoms with Crippen LogP contribution >= 0.6 is 0 Å². The third-order valence-electron chi connectivity index (χ3n) is 8.35. The molecule has 0 aromatic carbocycles. The molecule has 0 unspecified atom stereocenters. The largest absolute Gasteiger partial charge is 0.393 e. The third-order valence-corrected chi connectivity index (χ3v) is 8.35. The van der Waals surface area contributed by atoms with E-state index in [1.54, 1.807) is 0 Å². The van der Waals surface area contributed by atoms with Gasteiger partial charge in [0.15, 0.2) is 0 Å². The van der Waals surface area contributed by atoms with Crippen molar-refractivity contribution in [2.45, 2.75) is 77.7 Å². The van der Waals surface area contributed by atoms with Gasteiger partial charge in [-0.3, -0.25) is 4.79 Å². The molecule has 0 aromatic heterocycles. The molecule has 0 saturated heterocycles. The van der Waals surface area contributed by atoms with Gasteiger partial charge in [0, 0.05) is 11.8 Å². The molecular formula is C19H30O2. The van der Waals surface area contributed by atoms with E-state index in [0.29, 0.717) is 17.1 Å². The van der Waals surface area contributed by atoms with Gasteiger partial charge in [-0.25, -0.2) is 0 Å². The molecule has 4 saturated carbocycles. The molecule has 0 spiro atoms. The first-order chi connectivity index (χ1) is 9.95. The van der Waals surface area contributed by atoms with Crippen molar-refractivity contribution in [2.24, 2.45) is 34.5 Å². The molecule has 21 heavy (non-hydrogen) atoms. The standard InChI is InChI=1S/C19H30O2/c1-18-9-7-13(20)11-12(18)3-4-14-15-5-6-17(21)19(15,2)10-8-16(14)18/h12-16,20H,3-11H2,1-2H3/t12-,13+,14+,15+,16+,18-,19-/m0/s1. The van der Waals surface area contributed by atoms with Crippen LogP contribution in [0.15, 0.2) is 0 Å². The monoisotopic (exact) mass is 290 g/mol. The van der Waals surface area contributed by atoms with Crippen molar-refractivity contribution < 1.29 is 9.90 Å². The molecule has 1 N–H and O–H groups in total. The number of hydrogen-bond acceptors (Lipinski definition) is 2. The van der Waals surface area contributed by atoms with E-state index in [1.165, 1.54) is 25.7 Å². The van der Waals surface area contributed by atoms with Gasteiger partial charge in [0.25, 0.3) is 0 Å². The van der Waals surface area contributed by atoms with Crippen LogP contribution in [-0.4, -0.2) is 17.0 Å². The average Bonchev–Trinajstić information content (AvgIpc) is 2.76. The molecule has 4 fully saturated rings. The van der Waals surface area contributed by atoms with Gasteiger partial charge in [0.05, 0.1) is 6.10 Å². The highest BCUT2D eigenvalue weighted by molar-refractivity contribution is 5.87. The summed E-state index contributed by atoms with van der Waals surface area (Å²) in [7, 11) is 0. The van der Waals surface area contributed by atoms with Gasteiger partial charge in [-0.05, 0) is 80.5 Å². The van der Waals surface area contributed by atoms with Gasteiger partial charge in [0.2, 0.25) is 0 Å². The molecule has 4 aliphatic carbocycles. The van der Waals surface area contributed by atoms with Crippen LogP contribution in [0.1, 0.15) is 71.6 Å². The normalized spacial score (nSPS) is 56.5. The van der Waals surface area contributed by atoms with Crippen LogP contribution < -0.4 is 0 Å². The lowest BCUT2D eigenvalue weighted by Gasteiger charge is -2.60. The Hall–Kier alpha value is -0.370. The molecule has 4 rings (SSSR count). The van der Waals surface area contributed by atoms with Gasteiger partial charge < -0.3 is 5.11 Å². The Bertz CT molecular complexity index is 458. The highest BCUT2D eigenvalue weighted by atomic mass is 16.3. The molecule has 0 bridgehead atoms. The first-order valence-electron chi connectivity index (χ1n) is 9.16. The van der Waals surface area contributed by atoms with Gasteiger partial charge in [0.1, 0.15) is 5.78 Å². The Balaban J connectivity index is 1.64. The van der Waals surface area contributed by atoms with E-state index in [9.17, 15) is 9.90 Å². The molecular weight excluding hydrogens is 260 g/mol. The molecule has 0 heterocycles. The second kappa shape index (κ2) is 4.57. The lowest BCUT2D eigenvalue weighted by Crippen LogP contribution is -2.54. The Kier molecular flexibility index (Phi) is 3.10. The van der Waals surface area contributed by atoms with E-state index >= 15 is 0 Å². The fourth-order valence-electron chi connectivity index (χ4n) is 7.01. The maximum atomic E-state index is 12.4. The predicted octanol–water partition coefficient (Wildman–Crippen LogP) is 3.96. The van der Waals surface area contributed by atoms with Crippen LogP contribution in [0.25, 0.3) is 0 Å². The van der Waals surface area contributed by atoms with Crippen LogP contribution in [0, 0.1) is 34.5 Å². The van der Waals surface area contributed by atoms with Crippen LogP contribution in [0.5, 0.6) is 0 Å². The van der Waals surface area contributed by atoms with E-state index in [4.69, 9.17) is 0 Å². The highest BCUT2D eigenvalue weighted by Gasteiger charge is 2.60. The summed E-state index contributed by atoms with van der Waals surface area (Å²) in [6.07, 6.45) is 10.1. The predicted molar refractivity (Wildman–Crippen MR) is 82.7 cm³/mol. The number of Topliss-reactive ketones (excluding diaryl/α,β-unsaturated/α-hetero) is 1. The molecule has 2 nitrogen and oxygen atoms in total. The lowest BCUT2D eigenvalue weighted by molar-refractivity contribution is -0.142. The number of fused-ring (bicyclic) bond motifs is 5. The van der Waals surface area contributed by atoms with Crippen LogP contribution in [0.4, 0.5) is 0 Å². The summed E-state index contributed by atoms with van der Waals surface area (Å²) in [6.45, 7) is 4.78. The molecule has 0 amide bonds. The molecule has 0 aromatic rings. The minimum absolute atomic E-state index is 0.0124. The van der Waals surface area contributed by atoms with E-state index in [2.05, 4.69) is 13.8 Å². The number of aliphatic hydroxyl groups excluding tert-OH is 1. The number of hydrogen-bond donors (Lipinski definition) is 1. The summed E-state index contributed by atoms with van der Waals surface area (Å²) in [5, 5.41) is 10.0. The summed E-state index contributed by atoms with van der Waals surface area (Å²) in [4.78, 5) is 12.4. The summed E-state index contributed by atoms with van der Waals surface area (Å²) in [6, 6.07) is 0. The van der Waals surface area contributed by atoms with Crippen LogP contribution in [0.2, 0.25) is 0 Å². The first kappa shape index (κ1) is 14.2. The Morgan fingerprint density at radius 2 is 1.81 bits per heavy atom. The smallest absolute Gasteiger partial charge is 0.139 e. The van der Waals surface area contributed by atoms with E-state index in [1.807, 2.05) is 0 Å². The number of carbonyl (C=O) groups is 1. The topological polar surface area (TPSA) is 37.3 Å². The van der Waals surface area contributed by atoms with Crippen molar-refractivity contribution in [1.29, 1.82) is 0 Å². The SMILES string of the molecule is C[C@]12CC[C@@H](O)C[C@@H]1CC[C@H]1[C@H]2CC[C@]2(C)C(=O)CC[C@H]12. The van der Waals surface area contributed by atoms with Crippen molar-refractivity contribution in [3.05, 3.63) is 0 Å². The number of aliphatic hydroxyl groups is 1. The summed E-state index contributed by atoms with van der Waals surface area (Å²) in [5.41, 5.74) is 0.452. The quantitative estimate of drug-likeness (QED) is 0.733. The van der Waals surface area contributed by atoms with Crippen molar-refractivity contribution >= 4 is 5.78 Å². The minimum Gasteiger partial charge on any atom is -0.393 e. The Morgan fingerprint density at radius 3 is 2.62 bits per heavy atom. The Morgan fingerprint density at radius 1 is 1.00 bits per heavy atom. The highest BCUT2D eigenvalue weighted by Crippen LogP contribution is 2.65. The zero-order valence-corrected chi connectivity index (χ0v) is 13.6. The van der Waals surface area contributed by atoms with Gasteiger partial charge in [-0.1, -0.05) is 13.8 Å². The molecule has 2 heteroatoms. The van der Waals surface area contributed by atoms with Crippen LogP contribution in [0.3, 0.4) is 0 Å². The number of rotatable bonds is 0. The zero-order chi connectivity index (χ0) is 14.8. The molecule has 0 radical (unpaired) electrons. The lowest BCUT2D eigenvalue weighted by atomic mass is 9.45. The fraction of sp³-hybridized carbons (Fsp3) is 0.947. The second-order valence-electron chi connectivity index (χ2n) is 9.00. The molecule has 4 aliphatic rings. The maximum absolute atomic E-state index is 12.4. The fourth-order valence-corrected chi connectivity index (χ4v) is 7.01. The molecule has 118 valence electrons. The van der Waals surface area contributed by atoms with Crippen molar-refractivity contribution in [2.75, 3.05) is 0 Å². The van der Waals surface area contributed by atoms with E-state index in [-0.39, 0.29) is 11.5 Å². The first-order valence-corrected chi connectivity index (χ1v) is 9.16. The van der Waals surface area contributed by atoms with Crippen molar-refractivity contribution in [3.8, 4) is 0 Å². The molecule has 7 atom stereocenters.